The maximum absolute atomic E-state index is 12.4. The lowest BCUT2D eigenvalue weighted by atomic mass is 9.95. The van der Waals surface area contributed by atoms with E-state index in [1.165, 1.54) is 0 Å². The lowest BCUT2D eigenvalue weighted by molar-refractivity contribution is -0.124. The van der Waals surface area contributed by atoms with Gasteiger partial charge >= 0.3 is 0 Å². The Morgan fingerprint density at radius 2 is 2.00 bits per heavy atom. The molecule has 2 unspecified atom stereocenters. The summed E-state index contributed by atoms with van der Waals surface area (Å²) in [6, 6.07) is 7.71. The van der Waals surface area contributed by atoms with Gasteiger partial charge in [0.25, 0.3) is 0 Å². The molecule has 1 heterocycles. The van der Waals surface area contributed by atoms with Crippen molar-refractivity contribution in [1.29, 1.82) is 0 Å². The van der Waals surface area contributed by atoms with Gasteiger partial charge in [0.2, 0.25) is 5.91 Å². The number of carbonyl (C=O) groups is 1. The van der Waals surface area contributed by atoms with Crippen LogP contribution in [0, 0.1) is 5.92 Å². The SMILES string of the molecule is CC(C)C(NC(=O)C1CCCCN1)c1ccc(Cl)cc1. The number of piperidine rings is 1. The zero-order chi connectivity index (χ0) is 14.5. The Morgan fingerprint density at radius 3 is 2.55 bits per heavy atom. The summed E-state index contributed by atoms with van der Waals surface area (Å²) in [5, 5.41) is 7.19. The van der Waals surface area contributed by atoms with Gasteiger partial charge in [-0.05, 0) is 43.0 Å². The van der Waals surface area contributed by atoms with Crippen molar-refractivity contribution < 1.29 is 4.79 Å². The maximum atomic E-state index is 12.4. The number of rotatable bonds is 4. The van der Waals surface area contributed by atoms with Crippen molar-refractivity contribution in [3.05, 3.63) is 34.9 Å². The van der Waals surface area contributed by atoms with Gasteiger partial charge in [0.05, 0.1) is 12.1 Å². The second kappa shape index (κ2) is 7.09. The first-order valence-electron chi connectivity index (χ1n) is 7.37. The minimum atomic E-state index is -0.0442. The van der Waals surface area contributed by atoms with E-state index in [-0.39, 0.29) is 18.0 Å². The molecule has 0 saturated carbocycles. The largest absolute Gasteiger partial charge is 0.348 e. The Bertz CT molecular complexity index is 438. The Balaban J connectivity index is 2.05. The molecule has 1 aliphatic heterocycles. The van der Waals surface area contributed by atoms with Gasteiger partial charge < -0.3 is 10.6 Å². The average Bonchev–Trinajstić information content (AvgIpc) is 2.46. The molecule has 1 aromatic rings. The zero-order valence-electron chi connectivity index (χ0n) is 12.2. The van der Waals surface area contributed by atoms with Gasteiger partial charge in [-0.25, -0.2) is 0 Å². The fraction of sp³-hybridized carbons (Fsp3) is 0.562. The van der Waals surface area contributed by atoms with Gasteiger partial charge in [0.15, 0.2) is 0 Å². The minimum Gasteiger partial charge on any atom is -0.348 e. The Hall–Kier alpha value is -1.06. The van der Waals surface area contributed by atoms with Crippen molar-refractivity contribution in [3.8, 4) is 0 Å². The molecule has 0 aromatic heterocycles. The lowest BCUT2D eigenvalue weighted by Crippen LogP contribution is -2.48. The summed E-state index contributed by atoms with van der Waals surface area (Å²) in [5.74, 6) is 0.446. The van der Waals surface area contributed by atoms with E-state index >= 15 is 0 Å². The van der Waals surface area contributed by atoms with Crippen LogP contribution in [0.25, 0.3) is 0 Å². The van der Waals surface area contributed by atoms with Crippen LogP contribution in [0.15, 0.2) is 24.3 Å². The highest BCUT2D eigenvalue weighted by atomic mass is 35.5. The topological polar surface area (TPSA) is 41.1 Å². The molecule has 2 atom stereocenters. The van der Waals surface area contributed by atoms with E-state index in [4.69, 9.17) is 11.6 Å². The number of hydrogen-bond donors (Lipinski definition) is 2. The summed E-state index contributed by atoms with van der Waals surface area (Å²) in [4.78, 5) is 12.4. The molecule has 4 heteroatoms. The van der Waals surface area contributed by atoms with E-state index in [0.717, 1.165) is 36.4 Å². The molecule has 20 heavy (non-hydrogen) atoms. The number of benzene rings is 1. The van der Waals surface area contributed by atoms with Crippen LogP contribution in [0.1, 0.15) is 44.7 Å². The molecule has 0 spiro atoms. The third-order valence-electron chi connectivity index (χ3n) is 3.82. The Kier molecular flexibility index (Phi) is 5.44. The van der Waals surface area contributed by atoms with E-state index < -0.39 is 0 Å². The first-order valence-corrected chi connectivity index (χ1v) is 7.75. The van der Waals surface area contributed by atoms with Crippen LogP contribution in [0.4, 0.5) is 0 Å². The fourth-order valence-corrected chi connectivity index (χ4v) is 2.76. The number of carbonyl (C=O) groups excluding carboxylic acids is 1. The van der Waals surface area contributed by atoms with Crippen molar-refractivity contribution in [1.82, 2.24) is 10.6 Å². The molecule has 1 amide bonds. The monoisotopic (exact) mass is 294 g/mol. The van der Waals surface area contributed by atoms with E-state index in [2.05, 4.69) is 24.5 Å². The summed E-state index contributed by atoms with van der Waals surface area (Å²) in [6.07, 6.45) is 3.21. The van der Waals surface area contributed by atoms with Gasteiger partial charge in [-0.1, -0.05) is 44.0 Å². The predicted molar refractivity (Wildman–Crippen MR) is 82.8 cm³/mol. The highest BCUT2D eigenvalue weighted by molar-refractivity contribution is 6.30. The van der Waals surface area contributed by atoms with Gasteiger partial charge in [-0.3, -0.25) is 4.79 Å². The van der Waals surface area contributed by atoms with Crippen molar-refractivity contribution in [2.24, 2.45) is 5.92 Å². The third-order valence-corrected chi connectivity index (χ3v) is 4.07. The first kappa shape index (κ1) is 15.3. The third kappa shape index (κ3) is 3.97. The summed E-state index contributed by atoms with van der Waals surface area (Å²) in [5.41, 5.74) is 1.11. The molecule has 1 saturated heterocycles. The summed E-state index contributed by atoms with van der Waals surface area (Å²) in [6.45, 7) is 5.17. The van der Waals surface area contributed by atoms with Crippen molar-refractivity contribution in [3.63, 3.8) is 0 Å². The summed E-state index contributed by atoms with van der Waals surface area (Å²) in [7, 11) is 0. The van der Waals surface area contributed by atoms with Gasteiger partial charge in [-0.15, -0.1) is 0 Å². The molecule has 2 rings (SSSR count). The van der Waals surface area contributed by atoms with Crippen LogP contribution in [-0.2, 0) is 4.79 Å². The Morgan fingerprint density at radius 1 is 1.30 bits per heavy atom. The molecule has 1 fully saturated rings. The summed E-state index contributed by atoms with van der Waals surface area (Å²) >= 11 is 5.93. The highest BCUT2D eigenvalue weighted by Gasteiger charge is 2.25. The van der Waals surface area contributed by atoms with Crippen molar-refractivity contribution in [2.45, 2.75) is 45.2 Å². The highest BCUT2D eigenvalue weighted by Crippen LogP contribution is 2.23. The van der Waals surface area contributed by atoms with E-state index in [9.17, 15) is 4.79 Å². The van der Waals surface area contributed by atoms with Crippen LogP contribution < -0.4 is 10.6 Å². The predicted octanol–water partition coefficient (Wildman–Crippen LogP) is 3.30. The minimum absolute atomic E-state index is 0.0310. The van der Waals surface area contributed by atoms with E-state index in [1.807, 2.05) is 24.3 Å². The van der Waals surface area contributed by atoms with Gasteiger partial charge in [-0.2, -0.15) is 0 Å². The second-order valence-electron chi connectivity index (χ2n) is 5.78. The number of amides is 1. The molecular weight excluding hydrogens is 272 g/mol. The maximum Gasteiger partial charge on any atom is 0.237 e. The molecule has 0 aliphatic carbocycles. The second-order valence-corrected chi connectivity index (χ2v) is 6.22. The molecule has 110 valence electrons. The lowest BCUT2D eigenvalue weighted by Gasteiger charge is -2.28. The molecule has 1 aliphatic rings. The Labute approximate surface area is 126 Å². The normalized spacial score (nSPS) is 20.7. The molecular formula is C16H23ClN2O. The van der Waals surface area contributed by atoms with Crippen LogP contribution in [0.3, 0.4) is 0 Å². The average molecular weight is 295 g/mol. The van der Waals surface area contributed by atoms with Crippen LogP contribution in [0.2, 0.25) is 5.02 Å². The number of halogens is 1. The molecule has 0 radical (unpaired) electrons. The van der Waals surface area contributed by atoms with Gasteiger partial charge in [0, 0.05) is 5.02 Å². The molecule has 1 aromatic carbocycles. The summed E-state index contributed by atoms with van der Waals surface area (Å²) < 4.78 is 0. The van der Waals surface area contributed by atoms with Crippen LogP contribution in [-0.4, -0.2) is 18.5 Å². The molecule has 3 nitrogen and oxygen atoms in total. The van der Waals surface area contributed by atoms with Crippen LogP contribution >= 0.6 is 11.6 Å². The smallest absolute Gasteiger partial charge is 0.237 e. The zero-order valence-corrected chi connectivity index (χ0v) is 12.9. The number of nitrogens with one attached hydrogen (secondary N) is 2. The standard InChI is InChI=1S/C16H23ClN2O/c1-11(2)15(12-6-8-13(17)9-7-12)19-16(20)14-5-3-4-10-18-14/h6-9,11,14-15,18H,3-5,10H2,1-2H3,(H,19,20). The number of hydrogen-bond acceptors (Lipinski definition) is 2. The van der Waals surface area contributed by atoms with E-state index in [1.54, 1.807) is 0 Å². The molecule has 2 N–H and O–H groups in total. The first-order chi connectivity index (χ1) is 9.58. The van der Waals surface area contributed by atoms with Crippen molar-refractivity contribution >= 4 is 17.5 Å². The quantitative estimate of drug-likeness (QED) is 0.894. The van der Waals surface area contributed by atoms with E-state index in [0.29, 0.717) is 5.92 Å². The van der Waals surface area contributed by atoms with Crippen LogP contribution in [0.5, 0.6) is 0 Å². The van der Waals surface area contributed by atoms with Crippen molar-refractivity contribution in [2.75, 3.05) is 6.54 Å². The van der Waals surface area contributed by atoms with Gasteiger partial charge in [0.1, 0.15) is 0 Å². The fourth-order valence-electron chi connectivity index (χ4n) is 2.63. The molecule has 0 bridgehead atoms.